The van der Waals surface area contributed by atoms with Crippen molar-refractivity contribution in [3.8, 4) is 11.5 Å². The van der Waals surface area contributed by atoms with E-state index in [0.717, 1.165) is 17.2 Å². The van der Waals surface area contributed by atoms with Crippen LogP contribution >= 0.6 is 11.6 Å². The van der Waals surface area contributed by atoms with Gasteiger partial charge in [-0.1, -0.05) is 12.1 Å². The molecule has 0 aliphatic rings. The van der Waals surface area contributed by atoms with Crippen LogP contribution in [0.3, 0.4) is 0 Å². The summed E-state index contributed by atoms with van der Waals surface area (Å²) in [4.78, 5) is 0. The van der Waals surface area contributed by atoms with Crippen molar-refractivity contribution in [1.82, 2.24) is 0 Å². The second-order valence-corrected chi connectivity index (χ2v) is 4.14. The highest BCUT2D eigenvalue weighted by Crippen LogP contribution is 2.27. The minimum absolute atomic E-state index is 0.131. The van der Waals surface area contributed by atoms with Crippen LogP contribution < -0.4 is 4.74 Å². The molecule has 0 fully saturated rings. The van der Waals surface area contributed by atoms with E-state index in [-0.39, 0.29) is 5.75 Å². The maximum Gasteiger partial charge on any atom is 0.201 e. The lowest BCUT2D eigenvalue weighted by Gasteiger charge is -2.09. The second-order valence-electron chi connectivity index (χ2n) is 3.88. The van der Waals surface area contributed by atoms with Gasteiger partial charge in [-0.15, -0.1) is 11.6 Å². The molecule has 0 aliphatic heterocycles. The summed E-state index contributed by atoms with van der Waals surface area (Å²) in [5.74, 6) is -1.20. The van der Waals surface area contributed by atoms with Crippen molar-refractivity contribution >= 4 is 11.6 Å². The second kappa shape index (κ2) is 5.36. The third-order valence-electron chi connectivity index (χ3n) is 2.60. The molecule has 0 heterocycles. The van der Waals surface area contributed by atoms with Gasteiger partial charge in [0.1, 0.15) is 5.75 Å². The SMILES string of the molecule is Cc1cc(Oc2cccc(F)c2F)ccc1CCl. The van der Waals surface area contributed by atoms with E-state index in [9.17, 15) is 8.78 Å². The number of benzene rings is 2. The topological polar surface area (TPSA) is 9.23 Å². The van der Waals surface area contributed by atoms with E-state index < -0.39 is 11.6 Å². The Kier molecular flexibility index (Phi) is 3.82. The number of ether oxygens (including phenoxy) is 1. The first kappa shape index (κ1) is 12.8. The molecular formula is C14H11ClF2O. The molecule has 0 aromatic heterocycles. The first-order chi connectivity index (χ1) is 8.61. The van der Waals surface area contributed by atoms with Crippen LogP contribution in [-0.2, 0) is 5.88 Å². The summed E-state index contributed by atoms with van der Waals surface area (Å²) >= 11 is 5.74. The van der Waals surface area contributed by atoms with Crippen molar-refractivity contribution in [3.05, 3.63) is 59.2 Å². The van der Waals surface area contributed by atoms with Crippen LogP contribution in [0.25, 0.3) is 0 Å². The number of aryl methyl sites for hydroxylation is 1. The molecule has 0 saturated carbocycles. The predicted octanol–water partition coefficient (Wildman–Crippen LogP) is 4.80. The number of hydrogen-bond donors (Lipinski definition) is 0. The van der Waals surface area contributed by atoms with Gasteiger partial charge in [0.15, 0.2) is 11.6 Å². The van der Waals surface area contributed by atoms with Crippen LogP contribution in [0, 0.1) is 18.6 Å². The van der Waals surface area contributed by atoms with Gasteiger partial charge in [0.25, 0.3) is 0 Å². The average molecular weight is 269 g/mol. The molecule has 2 rings (SSSR count). The molecule has 0 atom stereocenters. The summed E-state index contributed by atoms with van der Waals surface area (Å²) < 4.78 is 31.7. The van der Waals surface area contributed by atoms with Crippen LogP contribution in [0.1, 0.15) is 11.1 Å². The van der Waals surface area contributed by atoms with Crippen LogP contribution in [0.5, 0.6) is 11.5 Å². The Morgan fingerprint density at radius 3 is 2.61 bits per heavy atom. The highest BCUT2D eigenvalue weighted by molar-refractivity contribution is 6.17. The molecule has 18 heavy (non-hydrogen) atoms. The van der Waals surface area contributed by atoms with Gasteiger partial charge in [-0.2, -0.15) is 4.39 Å². The molecule has 0 unspecified atom stereocenters. The number of halogens is 3. The molecule has 0 bridgehead atoms. The van der Waals surface area contributed by atoms with Crippen LogP contribution in [-0.4, -0.2) is 0 Å². The quantitative estimate of drug-likeness (QED) is 0.726. The molecule has 2 aromatic rings. The first-order valence-corrected chi connectivity index (χ1v) is 5.92. The third-order valence-corrected chi connectivity index (χ3v) is 2.89. The lowest BCUT2D eigenvalue weighted by atomic mass is 10.1. The lowest BCUT2D eigenvalue weighted by Crippen LogP contribution is -1.93. The molecule has 0 saturated heterocycles. The molecule has 4 heteroatoms. The van der Waals surface area contributed by atoms with E-state index in [1.54, 1.807) is 18.2 Å². The monoisotopic (exact) mass is 268 g/mol. The van der Waals surface area contributed by atoms with E-state index in [4.69, 9.17) is 16.3 Å². The molecule has 0 N–H and O–H groups in total. The van der Waals surface area contributed by atoms with Crippen molar-refractivity contribution in [3.63, 3.8) is 0 Å². The maximum absolute atomic E-state index is 13.4. The van der Waals surface area contributed by atoms with Gasteiger partial charge in [-0.05, 0) is 42.3 Å². The molecule has 1 nitrogen and oxygen atoms in total. The normalized spacial score (nSPS) is 10.4. The van der Waals surface area contributed by atoms with Crippen molar-refractivity contribution in [1.29, 1.82) is 0 Å². The van der Waals surface area contributed by atoms with Crippen LogP contribution in [0.15, 0.2) is 36.4 Å². The van der Waals surface area contributed by atoms with Gasteiger partial charge in [-0.3, -0.25) is 0 Å². The number of alkyl halides is 1. The molecule has 94 valence electrons. The Bertz CT molecular complexity index is 570. The van der Waals surface area contributed by atoms with E-state index in [1.807, 2.05) is 6.92 Å². The van der Waals surface area contributed by atoms with E-state index in [1.165, 1.54) is 12.1 Å². The summed E-state index contributed by atoms with van der Waals surface area (Å²) in [5, 5.41) is 0. The van der Waals surface area contributed by atoms with Gasteiger partial charge in [-0.25, -0.2) is 4.39 Å². The standard InChI is InChI=1S/C14H11ClF2O/c1-9-7-11(6-5-10(9)8-15)18-13-4-2-3-12(16)14(13)17/h2-7H,8H2,1H3. The Balaban J connectivity index is 2.29. The predicted molar refractivity (Wildman–Crippen MR) is 67.2 cm³/mol. The molecular weight excluding hydrogens is 258 g/mol. The summed E-state index contributed by atoms with van der Waals surface area (Å²) in [7, 11) is 0. The van der Waals surface area contributed by atoms with Gasteiger partial charge in [0, 0.05) is 5.88 Å². The lowest BCUT2D eigenvalue weighted by molar-refractivity contribution is 0.416. The Morgan fingerprint density at radius 1 is 1.17 bits per heavy atom. The summed E-state index contributed by atoms with van der Waals surface area (Å²) in [6, 6.07) is 9.03. The zero-order valence-corrected chi connectivity index (χ0v) is 10.5. The number of hydrogen-bond acceptors (Lipinski definition) is 1. The molecule has 0 spiro atoms. The largest absolute Gasteiger partial charge is 0.454 e. The zero-order chi connectivity index (χ0) is 13.1. The third kappa shape index (κ3) is 2.62. The fourth-order valence-corrected chi connectivity index (χ4v) is 1.87. The molecule has 0 amide bonds. The smallest absolute Gasteiger partial charge is 0.201 e. The fourth-order valence-electron chi connectivity index (χ4n) is 1.57. The van der Waals surface area contributed by atoms with Gasteiger partial charge in [0.2, 0.25) is 5.82 Å². The Hall–Kier alpha value is -1.61. The molecule has 0 radical (unpaired) electrons. The van der Waals surface area contributed by atoms with E-state index in [2.05, 4.69) is 0 Å². The Morgan fingerprint density at radius 2 is 1.94 bits per heavy atom. The van der Waals surface area contributed by atoms with Crippen molar-refractivity contribution in [2.24, 2.45) is 0 Å². The highest BCUT2D eigenvalue weighted by atomic mass is 35.5. The minimum Gasteiger partial charge on any atom is -0.454 e. The van der Waals surface area contributed by atoms with E-state index in [0.29, 0.717) is 11.6 Å². The van der Waals surface area contributed by atoms with Crippen molar-refractivity contribution in [2.75, 3.05) is 0 Å². The van der Waals surface area contributed by atoms with Crippen LogP contribution in [0.4, 0.5) is 8.78 Å². The minimum atomic E-state index is -0.989. The first-order valence-electron chi connectivity index (χ1n) is 5.39. The number of rotatable bonds is 3. The van der Waals surface area contributed by atoms with Gasteiger partial charge < -0.3 is 4.74 Å². The maximum atomic E-state index is 13.4. The molecule has 0 aliphatic carbocycles. The van der Waals surface area contributed by atoms with Crippen LogP contribution in [0.2, 0.25) is 0 Å². The molecule has 2 aromatic carbocycles. The zero-order valence-electron chi connectivity index (χ0n) is 9.71. The fraction of sp³-hybridized carbons (Fsp3) is 0.143. The van der Waals surface area contributed by atoms with Gasteiger partial charge >= 0.3 is 0 Å². The van der Waals surface area contributed by atoms with Crippen molar-refractivity contribution < 1.29 is 13.5 Å². The summed E-state index contributed by atoms with van der Waals surface area (Å²) in [6.45, 7) is 1.88. The van der Waals surface area contributed by atoms with E-state index >= 15 is 0 Å². The van der Waals surface area contributed by atoms with Gasteiger partial charge in [0.05, 0.1) is 0 Å². The average Bonchev–Trinajstić information content (AvgIpc) is 2.35. The summed E-state index contributed by atoms with van der Waals surface area (Å²) in [6.07, 6.45) is 0. The Labute approximate surface area is 109 Å². The summed E-state index contributed by atoms with van der Waals surface area (Å²) in [5.41, 5.74) is 1.92. The highest BCUT2D eigenvalue weighted by Gasteiger charge is 2.10. The van der Waals surface area contributed by atoms with Crippen molar-refractivity contribution in [2.45, 2.75) is 12.8 Å².